The second-order valence-electron chi connectivity index (χ2n) is 3.60. The average Bonchev–Trinajstić information content (AvgIpc) is 2.46. The van der Waals surface area contributed by atoms with Gasteiger partial charge < -0.3 is 14.2 Å². The van der Waals surface area contributed by atoms with E-state index in [2.05, 4.69) is 27.2 Å². The molecule has 2 rings (SSSR count). The Morgan fingerprint density at radius 2 is 2.06 bits per heavy atom. The first-order valence-corrected chi connectivity index (χ1v) is 6.27. The Balaban J connectivity index is 2.30. The molecule has 1 aromatic heterocycles. The third-order valence-corrected chi connectivity index (χ3v) is 2.99. The van der Waals surface area contributed by atoms with E-state index in [1.54, 1.807) is 13.3 Å². The summed E-state index contributed by atoms with van der Waals surface area (Å²) >= 11 is 1.19. The van der Waals surface area contributed by atoms with Crippen LogP contribution in [0.3, 0.4) is 0 Å². The zero-order valence-electron chi connectivity index (χ0n) is 10.3. The van der Waals surface area contributed by atoms with Crippen molar-refractivity contribution in [3.05, 3.63) is 42.7 Å². The molecule has 2 N–H and O–H groups in total. The van der Waals surface area contributed by atoms with Gasteiger partial charge in [-0.1, -0.05) is 12.1 Å². The van der Waals surface area contributed by atoms with Crippen LogP contribution < -0.4 is 10.0 Å². The predicted molar refractivity (Wildman–Crippen MR) is 77.4 cm³/mol. The van der Waals surface area contributed by atoms with Crippen molar-refractivity contribution in [3.63, 3.8) is 0 Å². The van der Waals surface area contributed by atoms with Gasteiger partial charge in [-0.3, -0.25) is 4.98 Å². The van der Waals surface area contributed by atoms with Crippen molar-refractivity contribution in [1.29, 1.82) is 0 Å². The van der Waals surface area contributed by atoms with E-state index in [0.717, 1.165) is 22.5 Å². The maximum absolute atomic E-state index is 4.93. The molecule has 1 aromatic carbocycles. The Morgan fingerprint density at radius 1 is 1.17 bits per heavy atom. The summed E-state index contributed by atoms with van der Waals surface area (Å²) in [5.41, 5.74) is 4.22. The lowest BCUT2D eigenvalue weighted by Crippen LogP contribution is -1.96. The molecule has 0 saturated heterocycles. The number of pyridine rings is 1. The molecule has 0 bridgehead atoms. The van der Waals surface area contributed by atoms with Gasteiger partial charge in [0.15, 0.2) is 0 Å². The highest BCUT2D eigenvalue weighted by Crippen LogP contribution is 2.29. The van der Waals surface area contributed by atoms with Gasteiger partial charge in [0.25, 0.3) is 0 Å². The van der Waals surface area contributed by atoms with Crippen molar-refractivity contribution < 1.29 is 4.18 Å². The fourth-order valence-corrected chi connectivity index (χ4v) is 1.99. The average molecular weight is 261 g/mol. The summed E-state index contributed by atoms with van der Waals surface area (Å²) < 4.78 is 8.04. The summed E-state index contributed by atoms with van der Waals surface area (Å²) in [7, 11) is 3.52. The zero-order valence-corrected chi connectivity index (χ0v) is 11.1. The number of nitrogens with zero attached hydrogens (tertiary/aromatic N) is 1. The summed E-state index contributed by atoms with van der Waals surface area (Å²) in [5, 5.41) is 3.16. The van der Waals surface area contributed by atoms with Crippen LogP contribution in [0.4, 0.5) is 11.4 Å². The molecule has 0 aliphatic heterocycles. The van der Waals surface area contributed by atoms with Crippen LogP contribution in [0.1, 0.15) is 0 Å². The summed E-state index contributed by atoms with van der Waals surface area (Å²) in [6, 6.07) is 10.1. The molecule has 0 fully saturated rings. The molecular formula is C13H15N3OS. The predicted octanol–water partition coefficient (Wildman–Crippen LogP) is 3.41. The quantitative estimate of drug-likeness (QED) is 0.638. The van der Waals surface area contributed by atoms with E-state index >= 15 is 0 Å². The Labute approximate surface area is 111 Å². The fourth-order valence-electron chi connectivity index (χ4n) is 1.64. The number of benzene rings is 1. The van der Waals surface area contributed by atoms with Crippen molar-refractivity contribution in [2.75, 3.05) is 24.2 Å². The molecule has 0 aliphatic carbocycles. The van der Waals surface area contributed by atoms with Gasteiger partial charge in [-0.15, -0.1) is 0 Å². The van der Waals surface area contributed by atoms with Crippen molar-refractivity contribution in [2.45, 2.75) is 0 Å². The summed E-state index contributed by atoms with van der Waals surface area (Å²) in [4.78, 5) is 4.13. The highest BCUT2D eigenvalue weighted by molar-refractivity contribution is 7.96. The molecular weight excluding hydrogens is 246 g/mol. The lowest BCUT2D eigenvalue weighted by Gasteiger charge is -2.11. The minimum Gasteiger partial charge on any atom is -0.386 e. The van der Waals surface area contributed by atoms with Gasteiger partial charge in [0, 0.05) is 25.0 Å². The zero-order chi connectivity index (χ0) is 12.8. The first kappa shape index (κ1) is 12.7. The van der Waals surface area contributed by atoms with E-state index in [0.29, 0.717) is 0 Å². The molecule has 0 aliphatic rings. The van der Waals surface area contributed by atoms with Crippen LogP contribution in [-0.2, 0) is 4.18 Å². The molecule has 0 saturated carbocycles. The maximum Gasteiger partial charge on any atom is 0.111 e. The molecule has 0 atom stereocenters. The van der Waals surface area contributed by atoms with Crippen LogP contribution in [0.5, 0.6) is 0 Å². The molecule has 4 nitrogen and oxygen atoms in total. The van der Waals surface area contributed by atoms with Gasteiger partial charge in [-0.25, -0.2) is 0 Å². The molecule has 1 heterocycles. The van der Waals surface area contributed by atoms with Crippen LogP contribution in [0, 0.1) is 0 Å². The molecule has 0 radical (unpaired) electrons. The summed E-state index contributed by atoms with van der Waals surface area (Å²) in [6.45, 7) is 0. The molecule has 0 unspecified atom stereocenters. The van der Waals surface area contributed by atoms with Crippen molar-refractivity contribution in [1.82, 2.24) is 4.98 Å². The number of rotatable bonds is 5. The van der Waals surface area contributed by atoms with Crippen LogP contribution in [-0.4, -0.2) is 19.1 Å². The van der Waals surface area contributed by atoms with Crippen LogP contribution >= 0.6 is 12.2 Å². The van der Waals surface area contributed by atoms with E-state index < -0.39 is 0 Å². The minimum absolute atomic E-state index is 0.983. The Bertz CT molecular complexity index is 505. The number of aromatic nitrogens is 1. The van der Waals surface area contributed by atoms with Gasteiger partial charge in [-0.2, -0.15) is 0 Å². The second kappa shape index (κ2) is 6.28. The van der Waals surface area contributed by atoms with E-state index in [1.165, 1.54) is 12.2 Å². The van der Waals surface area contributed by atoms with Crippen LogP contribution in [0.25, 0.3) is 11.1 Å². The number of hydrogen-bond donors (Lipinski definition) is 2. The number of anilines is 2. The SMILES string of the molecule is CNc1cc(-c2cccnc2)ccc1NSOC. The monoisotopic (exact) mass is 261 g/mol. The molecule has 0 spiro atoms. The molecule has 0 amide bonds. The van der Waals surface area contributed by atoms with Crippen molar-refractivity contribution >= 4 is 23.6 Å². The first-order valence-electron chi connectivity index (χ1n) is 5.53. The highest BCUT2D eigenvalue weighted by atomic mass is 32.2. The highest BCUT2D eigenvalue weighted by Gasteiger charge is 2.04. The Morgan fingerprint density at radius 3 is 2.72 bits per heavy atom. The second-order valence-corrected chi connectivity index (χ2v) is 4.31. The van der Waals surface area contributed by atoms with E-state index in [9.17, 15) is 0 Å². The Hall–Kier alpha value is -1.72. The van der Waals surface area contributed by atoms with Crippen molar-refractivity contribution in [3.8, 4) is 11.1 Å². The molecule has 2 aromatic rings. The summed E-state index contributed by atoms with van der Waals surface area (Å²) in [5.74, 6) is 0. The molecule has 5 heteroatoms. The topological polar surface area (TPSA) is 46.2 Å². The fraction of sp³-hybridized carbons (Fsp3) is 0.154. The number of hydrogen-bond acceptors (Lipinski definition) is 5. The third kappa shape index (κ3) is 2.94. The normalized spacial score (nSPS) is 10.1. The number of nitrogens with one attached hydrogen (secondary N) is 2. The largest absolute Gasteiger partial charge is 0.386 e. The van der Waals surface area contributed by atoms with Gasteiger partial charge in [0.1, 0.15) is 12.2 Å². The summed E-state index contributed by atoms with van der Waals surface area (Å²) in [6.07, 6.45) is 3.62. The van der Waals surface area contributed by atoms with Crippen LogP contribution in [0.15, 0.2) is 42.7 Å². The Kier molecular flexibility index (Phi) is 4.44. The lowest BCUT2D eigenvalue weighted by atomic mass is 10.1. The van der Waals surface area contributed by atoms with Crippen LogP contribution in [0.2, 0.25) is 0 Å². The van der Waals surface area contributed by atoms with Crippen molar-refractivity contribution in [2.24, 2.45) is 0 Å². The minimum atomic E-state index is 0.983. The van der Waals surface area contributed by atoms with E-state index in [1.807, 2.05) is 31.4 Å². The van der Waals surface area contributed by atoms with Gasteiger partial charge in [-0.05, 0) is 23.8 Å². The molecule has 94 valence electrons. The maximum atomic E-state index is 4.93. The van der Waals surface area contributed by atoms with Gasteiger partial charge >= 0.3 is 0 Å². The lowest BCUT2D eigenvalue weighted by molar-refractivity contribution is 0.492. The van der Waals surface area contributed by atoms with E-state index in [-0.39, 0.29) is 0 Å². The smallest absolute Gasteiger partial charge is 0.111 e. The van der Waals surface area contributed by atoms with Gasteiger partial charge in [0.05, 0.1) is 18.5 Å². The third-order valence-electron chi connectivity index (χ3n) is 2.52. The first-order chi connectivity index (χ1) is 8.85. The van der Waals surface area contributed by atoms with Gasteiger partial charge in [0.2, 0.25) is 0 Å². The molecule has 18 heavy (non-hydrogen) atoms. The standard InChI is InChI=1S/C13H15N3OS/c1-14-13-8-10(11-4-3-7-15-9-11)5-6-12(13)16-18-17-2/h3-9,14,16H,1-2H3. The van der Waals surface area contributed by atoms with E-state index in [4.69, 9.17) is 4.18 Å².